The van der Waals surface area contributed by atoms with E-state index in [4.69, 9.17) is 0 Å². The number of nitrogens with zero attached hydrogens (tertiary/aromatic N) is 2. The zero-order valence-electron chi connectivity index (χ0n) is 9.65. The van der Waals surface area contributed by atoms with Gasteiger partial charge < -0.3 is 5.32 Å². The van der Waals surface area contributed by atoms with Crippen LogP contribution < -0.4 is 5.32 Å². The van der Waals surface area contributed by atoms with E-state index in [1.807, 2.05) is 24.3 Å². The van der Waals surface area contributed by atoms with Crippen LogP contribution in [0.1, 0.15) is 12.7 Å². The zero-order chi connectivity index (χ0) is 12.1. The number of rotatable bonds is 4. The summed E-state index contributed by atoms with van der Waals surface area (Å²) >= 11 is 3.46. The average Bonchev–Trinajstić information content (AvgIpc) is 2.37. The van der Waals surface area contributed by atoms with Crippen molar-refractivity contribution in [1.29, 1.82) is 0 Å². The molecule has 1 aromatic carbocycles. The van der Waals surface area contributed by atoms with E-state index in [1.165, 1.54) is 0 Å². The molecule has 0 fully saturated rings. The Bertz CT molecular complexity index is 500. The van der Waals surface area contributed by atoms with Crippen LogP contribution >= 0.6 is 15.9 Å². The monoisotopic (exact) mass is 291 g/mol. The molecule has 88 valence electrons. The molecule has 0 aliphatic rings. The molecule has 1 N–H and O–H groups in total. The van der Waals surface area contributed by atoms with Crippen LogP contribution in [0.25, 0.3) is 11.3 Å². The van der Waals surface area contributed by atoms with Gasteiger partial charge in [0.05, 0.1) is 12.2 Å². The van der Waals surface area contributed by atoms with E-state index in [0.29, 0.717) is 6.54 Å². The molecule has 2 rings (SSSR count). The predicted octanol–water partition coefficient (Wildman–Crippen LogP) is 3.02. The smallest absolute Gasteiger partial charge is 0.142 e. The molecular formula is C13H14BrN3. The minimum absolute atomic E-state index is 0.707. The van der Waals surface area contributed by atoms with Gasteiger partial charge in [-0.15, -0.1) is 0 Å². The first-order valence-corrected chi connectivity index (χ1v) is 6.37. The normalized spacial score (nSPS) is 10.5. The molecule has 0 amide bonds. The fraction of sp³-hybridized carbons (Fsp3) is 0.231. The lowest BCUT2D eigenvalue weighted by Crippen LogP contribution is -2.14. The first kappa shape index (κ1) is 12.2. The Balaban J connectivity index is 2.26. The van der Waals surface area contributed by atoms with Crippen molar-refractivity contribution in [3.05, 3.63) is 46.8 Å². The molecule has 0 spiro atoms. The molecule has 4 heteroatoms. The van der Waals surface area contributed by atoms with Gasteiger partial charge in [0, 0.05) is 16.2 Å². The molecule has 0 bridgehead atoms. The van der Waals surface area contributed by atoms with E-state index in [1.54, 1.807) is 6.20 Å². The summed E-state index contributed by atoms with van der Waals surface area (Å²) in [6.45, 7) is 3.70. The van der Waals surface area contributed by atoms with Crippen LogP contribution in [-0.4, -0.2) is 16.5 Å². The fourth-order valence-electron chi connectivity index (χ4n) is 1.53. The van der Waals surface area contributed by atoms with Crippen molar-refractivity contribution in [3.63, 3.8) is 0 Å². The molecule has 1 heterocycles. The second-order valence-corrected chi connectivity index (χ2v) is 4.56. The standard InChI is InChI=1S/C13H14BrN3/c1-2-15-9-13-16-7-6-12(17-13)10-4-3-5-11(14)8-10/h3-8,15H,2,9H2,1H3. The molecule has 2 aromatic rings. The maximum absolute atomic E-state index is 4.53. The summed E-state index contributed by atoms with van der Waals surface area (Å²) < 4.78 is 1.06. The summed E-state index contributed by atoms with van der Waals surface area (Å²) in [5.74, 6) is 0.823. The van der Waals surface area contributed by atoms with Gasteiger partial charge in [0.2, 0.25) is 0 Å². The first-order chi connectivity index (χ1) is 8.29. The van der Waals surface area contributed by atoms with Gasteiger partial charge in [-0.1, -0.05) is 35.0 Å². The van der Waals surface area contributed by atoms with Crippen LogP contribution in [0, 0.1) is 0 Å². The summed E-state index contributed by atoms with van der Waals surface area (Å²) in [7, 11) is 0. The molecule has 0 atom stereocenters. The minimum atomic E-state index is 0.707. The lowest BCUT2D eigenvalue weighted by molar-refractivity contribution is 0.691. The van der Waals surface area contributed by atoms with E-state index in [9.17, 15) is 0 Å². The first-order valence-electron chi connectivity index (χ1n) is 5.58. The van der Waals surface area contributed by atoms with E-state index in [2.05, 4.69) is 44.2 Å². The number of aromatic nitrogens is 2. The van der Waals surface area contributed by atoms with E-state index in [-0.39, 0.29) is 0 Å². The van der Waals surface area contributed by atoms with Crippen molar-refractivity contribution < 1.29 is 0 Å². The molecule has 0 saturated carbocycles. The molecule has 0 aliphatic heterocycles. The number of hydrogen-bond acceptors (Lipinski definition) is 3. The maximum Gasteiger partial charge on any atom is 0.142 e. The van der Waals surface area contributed by atoms with Crippen LogP contribution in [-0.2, 0) is 6.54 Å². The van der Waals surface area contributed by atoms with Crippen LogP contribution in [0.2, 0.25) is 0 Å². The molecular weight excluding hydrogens is 278 g/mol. The maximum atomic E-state index is 4.53. The van der Waals surface area contributed by atoms with Crippen molar-refractivity contribution in [2.45, 2.75) is 13.5 Å². The number of halogens is 1. The second-order valence-electron chi connectivity index (χ2n) is 3.65. The Labute approximate surface area is 109 Å². The molecule has 17 heavy (non-hydrogen) atoms. The van der Waals surface area contributed by atoms with E-state index in [0.717, 1.165) is 28.1 Å². The Morgan fingerprint density at radius 2 is 2.18 bits per heavy atom. The lowest BCUT2D eigenvalue weighted by atomic mass is 10.1. The van der Waals surface area contributed by atoms with Gasteiger partial charge in [-0.2, -0.15) is 0 Å². The van der Waals surface area contributed by atoms with Crippen molar-refractivity contribution in [2.24, 2.45) is 0 Å². The minimum Gasteiger partial charge on any atom is -0.310 e. The molecule has 0 aliphatic carbocycles. The third-order valence-electron chi connectivity index (χ3n) is 2.36. The summed E-state index contributed by atoms with van der Waals surface area (Å²) in [6, 6.07) is 10.0. The summed E-state index contributed by atoms with van der Waals surface area (Å²) in [4.78, 5) is 8.77. The molecule has 1 aromatic heterocycles. The highest BCUT2D eigenvalue weighted by molar-refractivity contribution is 9.10. The van der Waals surface area contributed by atoms with Gasteiger partial charge in [-0.25, -0.2) is 9.97 Å². The Kier molecular flexibility index (Phi) is 4.23. The molecule has 0 radical (unpaired) electrons. The van der Waals surface area contributed by atoms with Crippen LogP contribution in [0.4, 0.5) is 0 Å². The van der Waals surface area contributed by atoms with Crippen LogP contribution in [0.15, 0.2) is 41.0 Å². The summed E-state index contributed by atoms with van der Waals surface area (Å²) in [6.07, 6.45) is 1.80. The van der Waals surface area contributed by atoms with Gasteiger partial charge in [0.25, 0.3) is 0 Å². The average molecular weight is 292 g/mol. The van der Waals surface area contributed by atoms with Gasteiger partial charge in [-0.3, -0.25) is 0 Å². The third kappa shape index (κ3) is 3.35. The van der Waals surface area contributed by atoms with Crippen LogP contribution in [0.3, 0.4) is 0 Å². The Morgan fingerprint density at radius 1 is 1.29 bits per heavy atom. The van der Waals surface area contributed by atoms with Gasteiger partial charge in [-0.05, 0) is 24.7 Å². The second kappa shape index (κ2) is 5.89. The van der Waals surface area contributed by atoms with Crippen molar-refractivity contribution in [3.8, 4) is 11.3 Å². The largest absolute Gasteiger partial charge is 0.310 e. The highest BCUT2D eigenvalue weighted by atomic mass is 79.9. The predicted molar refractivity (Wildman–Crippen MR) is 72.5 cm³/mol. The topological polar surface area (TPSA) is 37.8 Å². The Morgan fingerprint density at radius 3 is 2.94 bits per heavy atom. The lowest BCUT2D eigenvalue weighted by Gasteiger charge is -2.04. The molecule has 0 saturated heterocycles. The van der Waals surface area contributed by atoms with Crippen molar-refractivity contribution in [1.82, 2.24) is 15.3 Å². The quantitative estimate of drug-likeness (QED) is 0.941. The third-order valence-corrected chi connectivity index (χ3v) is 2.85. The SMILES string of the molecule is CCNCc1nccc(-c2cccc(Br)c2)n1. The van der Waals surface area contributed by atoms with E-state index < -0.39 is 0 Å². The summed E-state index contributed by atoms with van der Waals surface area (Å²) in [5, 5.41) is 3.22. The van der Waals surface area contributed by atoms with E-state index >= 15 is 0 Å². The van der Waals surface area contributed by atoms with Crippen LogP contribution in [0.5, 0.6) is 0 Å². The molecule has 3 nitrogen and oxygen atoms in total. The zero-order valence-corrected chi connectivity index (χ0v) is 11.2. The molecule has 0 unspecified atom stereocenters. The number of nitrogens with one attached hydrogen (secondary N) is 1. The van der Waals surface area contributed by atoms with Gasteiger partial charge in [0.15, 0.2) is 0 Å². The highest BCUT2D eigenvalue weighted by Gasteiger charge is 2.02. The summed E-state index contributed by atoms with van der Waals surface area (Å²) in [5.41, 5.74) is 2.05. The number of hydrogen-bond donors (Lipinski definition) is 1. The fourth-order valence-corrected chi connectivity index (χ4v) is 1.93. The van der Waals surface area contributed by atoms with Crippen molar-refractivity contribution in [2.75, 3.05) is 6.54 Å². The number of benzene rings is 1. The Hall–Kier alpha value is -1.26. The highest BCUT2D eigenvalue weighted by Crippen LogP contribution is 2.20. The van der Waals surface area contributed by atoms with Crippen molar-refractivity contribution >= 4 is 15.9 Å². The van der Waals surface area contributed by atoms with Gasteiger partial charge >= 0.3 is 0 Å². The van der Waals surface area contributed by atoms with Gasteiger partial charge in [0.1, 0.15) is 5.82 Å².